The number of ether oxygens (including phenoxy) is 1. The highest BCUT2D eigenvalue weighted by Gasteiger charge is 2.18. The number of amides is 2. The van der Waals surface area contributed by atoms with E-state index in [0.717, 1.165) is 32.4 Å². The third-order valence-corrected chi connectivity index (χ3v) is 5.61. The van der Waals surface area contributed by atoms with Gasteiger partial charge >= 0.3 is 0 Å². The number of nitrogens with one attached hydrogen (secondary N) is 1. The van der Waals surface area contributed by atoms with Gasteiger partial charge in [-0.3, -0.25) is 9.59 Å². The first kappa shape index (κ1) is 21.6. The maximum Gasteiger partial charge on any atom is 0.255 e. The molecule has 0 radical (unpaired) electrons. The van der Waals surface area contributed by atoms with Crippen LogP contribution < -0.4 is 10.1 Å². The monoisotopic (exact) mass is 428 g/mol. The number of carbonyl (C=O) groups excluding carboxylic acids is 2. The fraction of sp³-hybridized carbons (Fsp3) is 0.259. The second kappa shape index (κ2) is 10.6. The summed E-state index contributed by atoms with van der Waals surface area (Å²) in [7, 11) is 0. The Morgan fingerprint density at radius 3 is 2.38 bits per heavy atom. The number of rotatable bonds is 7. The maximum absolute atomic E-state index is 12.8. The molecule has 4 rings (SSSR count). The lowest BCUT2D eigenvalue weighted by Crippen LogP contribution is -2.35. The standard InChI is InChI=1S/C27H28N2O3/c30-26(22-11-8-14-25(20-22)32-18-15-21-9-3-1-4-10-21)28-24-13-7-12-23(19-24)27(31)29-16-5-2-6-17-29/h1,3-4,7-14,19-20H,2,5-6,15-18H2,(H,28,30). The van der Waals surface area contributed by atoms with Gasteiger partial charge in [0.25, 0.3) is 11.8 Å². The highest BCUT2D eigenvalue weighted by atomic mass is 16.5. The molecule has 0 atom stereocenters. The van der Waals surface area contributed by atoms with Crippen molar-refractivity contribution in [3.8, 4) is 5.75 Å². The Balaban J connectivity index is 1.36. The average Bonchev–Trinajstić information content (AvgIpc) is 2.85. The Labute approximate surface area is 189 Å². The summed E-state index contributed by atoms with van der Waals surface area (Å²) >= 11 is 0. The van der Waals surface area contributed by atoms with Crippen LogP contribution in [0.5, 0.6) is 5.75 Å². The van der Waals surface area contributed by atoms with Crippen LogP contribution in [0.15, 0.2) is 78.9 Å². The summed E-state index contributed by atoms with van der Waals surface area (Å²) in [4.78, 5) is 27.4. The average molecular weight is 429 g/mol. The second-order valence-electron chi connectivity index (χ2n) is 8.00. The Morgan fingerprint density at radius 2 is 1.56 bits per heavy atom. The lowest BCUT2D eigenvalue weighted by molar-refractivity contribution is 0.0724. The Morgan fingerprint density at radius 1 is 0.812 bits per heavy atom. The molecule has 1 fully saturated rings. The van der Waals surface area contributed by atoms with Gasteiger partial charge < -0.3 is 15.0 Å². The number of likely N-dealkylation sites (tertiary alicyclic amines) is 1. The summed E-state index contributed by atoms with van der Waals surface area (Å²) in [5.74, 6) is 0.443. The van der Waals surface area contributed by atoms with E-state index in [2.05, 4.69) is 17.4 Å². The van der Waals surface area contributed by atoms with E-state index in [1.165, 1.54) is 12.0 Å². The van der Waals surface area contributed by atoms with Crippen LogP contribution in [0.25, 0.3) is 0 Å². The first-order valence-corrected chi connectivity index (χ1v) is 11.2. The predicted octanol–water partition coefficient (Wildman–Crippen LogP) is 5.19. The third kappa shape index (κ3) is 5.76. The van der Waals surface area contributed by atoms with Crippen molar-refractivity contribution < 1.29 is 14.3 Å². The predicted molar refractivity (Wildman–Crippen MR) is 126 cm³/mol. The van der Waals surface area contributed by atoms with Gasteiger partial charge in [0.1, 0.15) is 5.75 Å². The zero-order valence-electron chi connectivity index (χ0n) is 18.1. The Bertz CT molecular complexity index is 1060. The quantitative estimate of drug-likeness (QED) is 0.564. The molecule has 2 amide bonds. The van der Waals surface area contributed by atoms with Crippen LogP contribution >= 0.6 is 0 Å². The molecule has 164 valence electrons. The molecule has 0 aliphatic carbocycles. The van der Waals surface area contributed by atoms with Gasteiger partial charge in [-0.1, -0.05) is 42.5 Å². The summed E-state index contributed by atoms with van der Waals surface area (Å²) in [6.07, 6.45) is 4.07. The zero-order valence-corrected chi connectivity index (χ0v) is 18.1. The SMILES string of the molecule is O=C(Nc1cccc(C(=O)N2CCCCC2)c1)c1cccc(OCCc2ccccc2)c1. The van der Waals surface area contributed by atoms with Gasteiger partial charge in [-0.15, -0.1) is 0 Å². The molecule has 0 spiro atoms. The fourth-order valence-corrected chi connectivity index (χ4v) is 3.87. The summed E-state index contributed by atoms with van der Waals surface area (Å²) in [5, 5.41) is 2.90. The van der Waals surface area contributed by atoms with Crippen LogP contribution in [-0.4, -0.2) is 36.4 Å². The number of piperidine rings is 1. The summed E-state index contributed by atoms with van der Waals surface area (Å²) < 4.78 is 5.84. The highest BCUT2D eigenvalue weighted by molar-refractivity contribution is 6.05. The van der Waals surface area contributed by atoms with Crippen LogP contribution in [0.1, 0.15) is 45.5 Å². The van der Waals surface area contributed by atoms with Crippen molar-refractivity contribution >= 4 is 17.5 Å². The summed E-state index contributed by atoms with van der Waals surface area (Å²) in [5.41, 5.74) is 2.92. The molecule has 0 aromatic heterocycles. The molecule has 1 heterocycles. The molecule has 1 aliphatic heterocycles. The van der Waals surface area contributed by atoms with Crippen LogP contribution in [0, 0.1) is 0 Å². The van der Waals surface area contributed by atoms with Gasteiger partial charge in [0.15, 0.2) is 0 Å². The van der Waals surface area contributed by atoms with E-state index in [0.29, 0.717) is 29.2 Å². The summed E-state index contributed by atoms with van der Waals surface area (Å²) in [6, 6.07) is 24.4. The molecule has 5 heteroatoms. The highest BCUT2D eigenvalue weighted by Crippen LogP contribution is 2.19. The molecule has 1 aliphatic rings. The molecule has 1 saturated heterocycles. The molecule has 0 bridgehead atoms. The van der Waals surface area contributed by atoms with Gasteiger partial charge in [0.05, 0.1) is 6.61 Å². The molecular weight excluding hydrogens is 400 g/mol. The molecule has 0 unspecified atom stereocenters. The number of hydrogen-bond donors (Lipinski definition) is 1. The van der Waals surface area contributed by atoms with Gasteiger partial charge in [-0.05, 0) is 61.2 Å². The first-order valence-electron chi connectivity index (χ1n) is 11.2. The van der Waals surface area contributed by atoms with Gasteiger partial charge in [-0.25, -0.2) is 0 Å². The van der Waals surface area contributed by atoms with Gasteiger partial charge in [0, 0.05) is 36.3 Å². The number of carbonyl (C=O) groups is 2. The lowest BCUT2D eigenvalue weighted by atomic mass is 10.1. The van der Waals surface area contributed by atoms with Crippen molar-refractivity contribution in [2.75, 3.05) is 25.0 Å². The second-order valence-corrected chi connectivity index (χ2v) is 8.00. The van der Waals surface area contributed by atoms with Gasteiger partial charge in [0.2, 0.25) is 0 Å². The third-order valence-electron chi connectivity index (χ3n) is 5.61. The number of nitrogens with zero attached hydrogens (tertiary/aromatic N) is 1. The van der Waals surface area contributed by atoms with Crippen LogP contribution in [0.2, 0.25) is 0 Å². The minimum atomic E-state index is -0.235. The minimum absolute atomic E-state index is 0.0228. The van der Waals surface area contributed by atoms with E-state index < -0.39 is 0 Å². The molecule has 3 aromatic rings. The van der Waals surface area contributed by atoms with Crippen LogP contribution in [0.3, 0.4) is 0 Å². The smallest absolute Gasteiger partial charge is 0.255 e. The van der Waals surface area contributed by atoms with Crippen LogP contribution in [-0.2, 0) is 6.42 Å². The summed E-state index contributed by atoms with van der Waals surface area (Å²) in [6.45, 7) is 2.13. The minimum Gasteiger partial charge on any atom is -0.493 e. The van der Waals surface area contributed by atoms with E-state index >= 15 is 0 Å². The molecule has 0 saturated carbocycles. The molecular formula is C27H28N2O3. The molecule has 3 aromatic carbocycles. The van der Waals surface area contributed by atoms with Crippen molar-refractivity contribution in [3.63, 3.8) is 0 Å². The van der Waals surface area contributed by atoms with E-state index in [-0.39, 0.29) is 11.8 Å². The number of anilines is 1. The van der Waals surface area contributed by atoms with Crippen molar-refractivity contribution in [1.82, 2.24) is 4.90 Å². The Kier molecular flexibility index (Phi) is 7.18. The first-order chi connectivity index (χ1) is 15.7. The van der Waals surface area contributed by atoms with Crippen molar-refractivity contribution in [2.24, 2.45) is 0 Å². The zero-order chi connectivity index (χ0) is 22.2. The maximum atomic E-state index is 12.8. The van der Waals surface area contributed by atoms with E-state index in [4.69, 9.17) is 4.74 Å². The Hall–Kier alpha value is -3.60. The number of hydrogen-bond acceptors (Lipinski definition) is 3. The lowest BCUT2D eigenvalue weighted by Gasteiger charge is -2.26. The molecule has 1 N–H and O–H groups in total. The normalized spacial score (nSPS) is 13.4. The van der Waals surface area contributed by atoms with Crippen molar-refractivity contribution in [3.05, 3.63) is 95.6 Å². The van der Waals surface area contributed by atoms with Crippen molar-refractivity contribution in [1.29, 1.82) is 0 Å². The number of benzene rings is 3. The van der Waals surface area contributed by atoms with E-state index in [1.54, 1.807) is 36.4 Å². The van der Waals surface area contributed by atoms with Gasteiger partial charge in [-0.2, -0.15) is 0 Å². The molecule has 5 nitrogen and oxygen atoms in total. The van der Waals surface area contributed by atoms with Crippen molar-refractivity contribution in [2.45, 2.75) is 25.7 Å². The largest absolute Gasteiger partial charge is 0.493 e. The topological polar surface area (TPSA) is 58.6 Å². The van der Waals surface area contributed by atoms with E-state index in [1.807, 2.05) is 35.2 Å². The van der Waals surface area contributed by atoms with E-state index in [9.17, 15) is 9.59 Å². The fourth-order valence-electron chi connectivity index (χ4n) is 3.87. The molecule has 32 heavy (non-hydrogen) atoms. The van der Waals surface area contributed by atoms with Crippen LogP contribution in [0.4, 0.5) is 5.69 Å².